The van der Waals surface area contributed by atoms with Crippen molar-refractivity contribution in [2.24, 2.45) is 0 Å². The lowest BCUT2D eigenvalue weighted by Gasteiger charge is -2.08. The van der Waals surface area contributed by atoms with Gasteiger partial charge in [-0.1, -0.05) is 11.6 Å². The predicted octanol–water partition coefficient (Wildman–Crippen LogP) is 2.85. The van der Waals surface area contributed by atoms with Gasteiger partial charge in [0.25, 0.3) is 0 Å². The van der Waals surface area contributed by atoms with Gasteiger partial charge in [0.1, 0.15) is 5.15 Å². The summed E-state index contributed by atoms with van der Waals surface area (Å²) < 4.78 is 37.1. The zero-order valence-electron chi connectivity index (χ0n) is 7.62. The molecule has 86 valence electrons. The van der Waals surface area contributed by atoms with Crippen molar-refractivity contribution in [1.82, 2.24) is 4.98 Å². The molecule has 1 aromatic heterocycles. The third-order valence-electron chi connectivity index (χ3n) is 1.58. The van der Waals surface area contributed by atoms with Crippen molar-refractivity contribution < 1.29 is 23.1 Å². The van der Waals surface area contributed by atoms with E-state index in [9.17, 15) is 18.0 Å². The molecule has 0 bridgehead atoms. The number of nitrogens with zero attached hydrogens (tertiary/aromatic N) is 1. The van der Waals surface area contributed by atoms with Crippen molar-refractivity contribution >= 4 is 23.6 Å². The summed E-state index contributed by atoms with van der Waals surface area (Å²) in [7, 11) is 0. The first-order valence-corrected chi connectivity index (χ1v) is 4.32. The SMILES string of the molecule is O=C(O)C=Cc1cnc(Cl)c(C(F)(F)F)c1. The van der Waals surface area contributed by atoms with Crippen LogP contribution in [0.3, 0.4) is 0 Å². The molecule has 1 rings (SSSR count). The van der Waals surface area contributed by atoms with Crippen LogP contribution < -0.4 is 0 Å². The van der Waals surface area contributed by atoms with E-state index in [0.717, 1.165) is 18.3 Å². The van der Waals surface area contributed by atoms with Gasteiger partial charge in [-0.05, 0) is 17.7 Å². The van der Waals surface area contributed by atoms with Crippen LogP contribution in [-0.2, 0) is 11.0 Å². The highest BCUT2D eigenvalue weighted by atomic mass is 35.5. The van der Waals surface area contributed by atoms with E-state index in [1.165, 1.54) is 0 Å². The van der Waals surface area contributed by atoms with E-state index in [1.807, 2.05) is 0 Å². The van der Waals surface area contributed by atoms with Gasteiger partial charge in [0.15, 0.2) is 0 Å². The molecule has 0 saturated heterocycles. The second-order valence-electron chi connectivity index (χ2n) is 2.78. The molecule has 0 amide bonds. The maximum atomic E-state index is 12.4. The van der Waals surface area contributed by atoms with Gasteiger partial charge in [0, 0.05) is 12.3 Å². The molecule has 0 atom stereocenters. The zero-order chi connectivity index (χ0) is 12.3. The number of carboxylic acid groups (broad SMARTS) is 1. The lowest BCUT2D eigenvalue weighted by Crippen LogP contribution is -2.07. The highest BCUT2D eigenvalue weighted by Crippen LogP contribution is 2.34. The number of pyridine rings is 1. The number of alkyl halides is 3. The fourth-order valence-corrected chi connectivity index (χ4v) is 1.13. The van der Waals surface area contributed by atoms with E-state index in [0.29, 0.717) is 6.08 Å². The van der Waals surface area contributed by atoms with Crippen LogP contribution in [0.5, 0.6) is 0 Å². The summed E-state index contributed by atoms with van der Waals surface area (Å²) in [4.78, 5) is 13.5. The molecule has 1 heterocycles. The van der Waals surface area contributed by atoms with Crippen LogP contribution in [0.25, 0.3) is 6.08 Å². The van der Waals surface area contributed by atoms with Crippen molar-refractivity contribution in [3.63, 3.8) is 0 Å². The Hall–Kier alpha value is -1.56. The molecule has 7 heteroatoms. The average molecular weight is 252 g/mol. The van der Waals surface area contributed by atoms with E-state index < -0.39 is 22.9 Å². The number of aromatic nitrogens is 1. The molecule has 0 aliphatic rings. The second kappa shape index (κ2) is 4.52. The minimum Gasteiger partial charge on any atom is -0.478 e. The van der Waals surface area contributed by atoms with Gasteiger partial charge in [-0.25, -0.2) is 9.78 Å². The van der Waals surface area contributed by atoms with Gasteiger partial charge in [-0.15, -0.1) is 0 Å². The van der Waals surface area contributed by atoms with Gasteiger partial charge in [-0.2, -0.15) is 13.2 Å². The lowest BCUT2D eigenvalue weighted by atomic mass is 10.2. The first-order valence-electron chi connectivity index (χ1n) is 3.94. The minimum absolute atomic E-state index is 0.0131. The number of aliphatic carboxylic acids is 1. The van der Waals surface area contributed by atoms with E-state index in [2.05, 4.69) is 4.98 Å². The average Bonchev–Trinajstić information content (AvgIpc) is 2.14. The molecule has 0 aliphatic carbocycles. The number of hydrogen-bond donors (Lipinski definition) is 1. The molecule has 0 spiro atoms. The largest absolute Gasteiger partial charge is 0.478 e. The summed E-state index contributed by atoms with van der Waals surface area (Å²) in [6.45, 7) is 0. The summed E-state index contributed by atoms with van der Waals surface area (Å²) in [6, 6.07) is 0.731. The summed E-state index contributed by atoms with van der Waals surface area (Å²) in [5.74, 6) is -1.26. The summed E-state index contributed by atoms with van der Waals surface area (Å²) in [5, 5.41) is 7.64. The first kappa shape index (κ1) is 12.5. The Morgan fingerprint density at radius 3 is 2.62 bits per heavy atom. The Kier molecular flexibility index (Phi) is 3.54. The number of hydrogen-bond acceptors (Lipinski definition) is 2. The molecule has 1 aromatic rings. The molecule has 0 unspecified atom stereocenters. The maximum absolute atomic E-state index is 12.4. The molecule has 0 radical (unpaired) electrons. The maximum Gasteiger partial charge on any atom is 0.419 e. The lowest BCUT2D eigenvalue weighted by molar-refractivity contribution is -0.137. The Morgan fingerprint density at radius 2 is 2.12 bits per heavy atom. The van der Waals surface area contributed by atoms with Gasteiger partial charge in [0.05, 0.1) is 5.56 Å². The molecule has 0 aliphatic heterocycles. The summed E-state index contributed by atoms with van der Waals surface area (Å²) in [6.07, 6.45) is -1.85. The van der Waals surface area contributed by atoms with Crippen LogP contribution in [0.4, 0.5) is 13.2 Å². The van der Waals surface area contributed by atoms with Crippen molar-refractivity contribution in [2.45, 2.75) is 6.18 Å². The first-order chi connectivity index (χ1) is 7.30. The number of rotatable bonds is 2. The topological polar surface area (TPSA) is 50.2 Å². The standard InChI is InChI=1S/C9H5ClF3NO2/c10-8-6(9(11,12)13)3-5(4-14-8)1-2-7(15)16/h1-4H,(H,15,16). The Bertz CT molecular complexity index is 443. The van der Waals surface area contributed by atoms with Crippen molar-refractivity contribution in [3.05, 3.63) is 34.6 Å². The van der Waals surface area contributed by atoms with Crippen LogP contribution in [0.15, 0.2) is 18.3 Å². The molecule has 3 nitrogen and oxygen atoms in total. The van der Waals surface area contributed by atoms with Gasteiger partial charge in [0.2, 0.25) is 0 Å². The zero-order valence-corrected chi connectivity index (χ0v) is 8.38. The Morgan fingerprint density at radius 1 is 1.50 bits per heavy atom. The number of carbonyl (C=O) groups is 1. The van der Waals surface area contributed by atoms with Crippen LogP contribution >= 0.6 is 11.6 Å². The molecule has 0 aromatic carbocycles. The summed E-state index contributed by atoms with van der Waals surface area (Å²) >= 11 is 5.27. The van der Waals surface area contributed by atoms with Gasteiger partial charge < -0.3 is 5.11 Å². The van der Waals surface area contributed by atoms with E-state index in [-0.39, 0.29) is 5.56 Å². The van der Waals surface area contributed by atoms with Gasteiger partial charge >= 0.3 is 12.1 Å². The molecular formula is C9H5ClF3NO2. The van der Waals surface area contributed by atoms with Crippen LogP contribution in [0.2, 0.25) is 5.15 Å². The van der Waals surface area contributed by atoms with E-state index in [1.54, 1.807) is 0 Å². The number of carboxylic acids is 1. The smallest absolute Gasteiger partial charge is 0.419 e. The third-order valence-corrected chi connectivity index (χ3v) is 1.89. The third kappa shape index (κ3) is 3.23. The number of halogens is 4. The van der Waals surface area contributed by atoms with Crippen LogP contribution in [0, 0.1) is 0 Å². The molecular weight excluding hydrogens is 247 g/mol. The molecule has 0 fully saturated rings. The van der Waals surface area contributed by atoms with Crippen molar-refractivity contribution in [3.8, 4) is 0 Å². The highest BCUT2D eigenvalue weighted by Gasteiger charge is 2.33. The van der Waals surface area contributed by atoms with Crippen LogP contribution in [0.1, 0.15) is 11.1 Å². The van der Waals surface area contributed by atoms with Crippen molar-refractivity contribution in [1.29, 1.82) is 0 Å². The molecule has 1 N–H and O–H groups in total. The minimum atomic E-state index is -4.61. The Balaban J connectivity index is 3.13. The van der Waals surface area contributed by atoms with Gasteiger partial charge in [-0.3, -0.25) is 0 Å². The fraction of sp³-hybridized carbons (Fsp3) is 0.111. The quantitative estimate of drug-likeness (QED) is 0.649. The highest BCUT2D eigenvalue weighted by molar-refractivity contribution is 6.30. The van der Waals surface area contributed by atoms with E-state index >= 15 is 0 Å². The van der Waals surface area contributed by atoms with Crippen LogP contribution in [-0.4, -0.2) is 16.1 Å². The predicted molar refractivity (Wildman–Crippen MR) is 50.9 cm³/mol. The fourth-order valence-electron chi connectivity index (χ4n) is 0.922. The van der Waals surface area contributed by atoms with E-state index in [4.69, 9.17) is 16.7 Å². The van der Waals surface area contributed by atoms with Crippen molar-refractivity contribution in [2.75, 3.05) is 0 Å². The summed E-state index contributed by atoms with van der Waals surface area (Å²) in [5.41, 5.74) is -1.08. The normalized spacial score (nSPS) is 12.0. The Labute approximate surface area is 93.2 Å². The second-order valence-corrected chi connectivity index (χ2v) is 3.13. The molecule has 0 saturated carbocycles. The molecule has 16 heavy (non-hydrogen) atoms. The monoisotopic (exact) mass is 251 g/mol.